The summed E-state index contributed by atoms with van der Waals surface area (Å²) in [4.78, 5) is 46.1. The third-order valence-electron chi connectivity index (χ3n) is 7.69. The zero-order valence-corrected chi connectivity index (χ0v) is 23.9. The van der Waals surface area contributed by atoms with Gasteiger partial charge in [-0.1, -0.05) is 12.1 Å². The summed E-state index contributed by atoms with van der Waals surface area (Å²) in [6.07, 6.45) is 3.19. The van der Waals surface area contributed by atoms with Gasteiger partial charge < -0.3 is 19.7 Å². The third-order valence-corrected chi connectivity index (χ3v) is 7.69. The molecule has 11 heteroatoms. The van der Waals surface area contributed by atoms with Crippen LogP contribution in [0.15, 0.2) is 88.6 Å². The highest BCUT2D eigenvalue weighted by atomic mass is 16.5. The number of aryl methyl sites for hydroxylation is 1. The number of phenolic OH excluding ortho intramolecular Hbond substituents is 2. The summed E-state index contributed by atoms with van der Waals surface area (Å²) < 4.78 is 13.3. The van der Waals surface area contributed by atoms with Gasteiger partial charge in [-0.25, -0.2) is 9.59 Å². The number of benzene rings is 3. The number of carbonyl (C=O) groups is 1. The molecule has 5 aromatic rings. The molecule has 224 valence electrons. The lowest BCUT2D eigenvalue weighted by Gasteiger charge is -2.32. The van der Waals surface area contributed by atoms with Gasteiger partial charge in [0.05, 0.1) is 16.8 Å². The predicted molar refractivity (Wildman–Crippen MR) is 163 cm³/mol. The van der Waals surface area contributed by atoms with Crippen molar-refractivity contribution in [1.82, 2.24) is 19.4 Å². The number of aromatic hydroxyl groups is 2. The van der Waals surface area contributed by atoms with Crippen LogP contribution in [-0.2, 0) is 6.54 Å². The number of phenols is 2. The van der Waals surface area contributed by atoms with Crippen molar-refractivity contribution in [2.24, 2.45) is 0 Å². The summed E-state index contributed by atoms with van der Waals surface area (Å²) in [6, 6.07) is 20.0. The van der Waals surface area contributed by atoms with E-state index in [1.54, 1.807) is 42.0 Å². The van der Waals surface area contributed by atoms with Crippen LogP contribution in [-0.4, -0.2) is 48.7 Å². The van der Waals surface area contributed by atoms with Gasteiger partial charge in [-0.05, 0) is 74.4 Å². The van der Waals surface area contributed by atoms with Gasteiger partial charge in [-0.2, -0.15) is 0 Å². The number of carbonyl (C=O) groups excluding carboxylic acids is 1. The van der Waals surface area contributed by atoms with Gasteiger partial charge >= 0.3 is 11.7 Å². The number of hydrogen-bond donors (Lipinski definition) is 3. The van der Waals surface area contributed by atoms with Crippen molar-refractivity contribution in [3.8, 4) is 28.7 Å². The second kappa shape index (κ2) is 12.1. The normalized spacial score (nSPS) is 14.0. The van der Waals surface area contributed by atoms with E-state index in [4.69, 9.17) is 14.5 Å². The van der Waals surface area contributed by atoms with Crippen LogP contribution in [0.2, 0.25) is 0 Å². The fraction of sp³-hybridized carbons (Fsp3) is 0.212. The Hall–Kier alpha value is -5.42. The van der Waals surface area contributed by atoms with E-state index in [1.807, 2.05) is 30.3 Å². The van der Waals surface area contributed by atoms with Gasteiger partial charge in [0.1, 0.15) is 17.2 Å². The maximum absolute atomic E-state index is 12.4. The lowest BCUT2D eigenvalue weighted by Crippen LogP contribution is -2.39. The van der Waals surface area contributed by atoms with Gasteiger partial charge in [-0.3, -0.25) is 24.2 Å². The molecule has 44 heavy (non-hydrogen) atoms. The number of para-hydroxylation sites is 1. The molecule has 0 spiro atoms. The number of rotatable bonds is 7. The first-order valence-electron chi connectivity index (χ1n) is 14.2. The van der Waals surface area contributed by atoms with Crippen molar-refractivity contribution in [1.29, 1.82) is 0 Å². The molecule has 3 heterocycles. The molecule has 0 bridgehead atoms. The molecule has 3 aromatic carbocycles. The Labute approximate surface area is 251 Å². The van der Waals surface area contributed by atoms with E-state index in [2.05, 4.69) is 9.88 Å². The molecule has 11 nitrogen and oxygen atoms in total. The number of ether oxygens (including phenoxy) is 2. The smallest absolute Gasteiger partial charge is 0.343 e. The number of esters is 1. The molecule has 1 aliphatic heterocycles. The second-order valence-electron chi connectivity index (χ2n) is 10.8. The standard InChI is InChI=1S/C33H30N4O7/c1-20-18-37(33(42)35-31(20)40)23-12-14-36(15-13-23)19-22-17-30(26-4-2-3-5-27(26)34-22)43-24-7-9-25(10-8-24)44-32(41)21-6-11-28(38)29(39)16-21/h2-11,16-18,23,38-39H,12-15,19H2,1H3,(H,35,40,42). The minimum Gasteiger partial charge on any atom is -0.504 e. The van der Waals surface area contributed by atoms with Crippen LogP contribution in [0, 0.1) is 6.92 Å². The number of aromatic nitrogens is 3. The summed E-state index contributed by atoms with van der Waals surface area (Å²) in [6.45, 7) is 3.84. The quantitative estimate of drug-likeness (QED) is 0.139. The number of aromatic amines is 1. The maximum Gasteiger partial charge on any atom is 0.343 e. The fourth-order valence-corrected chi connectivity index (χ4v) is 5.32. The highest BCUT2D eigenvalue weighted by Gasteiger charge is 2.23. The van der Waals surface area contributed by atoms with Crippen LogP contribution >= 0.6 is 0 Å². The van der Waals surface area contributed by atoms with Gasteiger partial charge in [0.25, 0.3) is 5.56 Å². The predicted octanol–water partition coefficient (Wildman–Crippen LogP) is 4.65. The van der Waals surface area contributed by atoms with Crippen LogP contribution in [0.1, 0.15) is 40.5 Å². The third kappa shape index (κ3) is 6.18. The number of pyridine rings is 1. The van der Waals surface area contributed by atoms with Gasteiger partial charge in [0, 0.05) is 48.9 Å². The zero-order valence-electron chi connectivity index (χ0n) is 23.9. The summed E-state index contributed by atoms with van der Waals surface area (Å²) in [7, 11) is 0. The van der Waals surface area contributed by atoms with Crippen LogP contribution in [0.5, 0.6) is 28.7 Å². The molecule has 0 radical (unpaired) electrons. The van der Waals surface area contributed by atoms with Crippen LogP contribution in [0.3, 0.4) is 0 Å². The molecule has 6 rings (SSSR count). The molecule has 0 saturated carbocycles. The number of hydrogen-bond acceptors (Lipinski definition) is 9. The van der Waals surface area contributed by atoms with Crippen LogP contribution in [0.25, 0.3) is 10.9 Å². The average Bonchev–Trinajstić information content (AvgIpc) is 3.02. The maximum atomic E-state index is 12.4. The summed E-state index contributed by atoms with van der Waals surface area (Å²) >= 11 is 0. The molecule has 0 aliphatic carbocycles. The first kappa shape index (κ1) is 28.7. The number of likely N-dealkylation sites (tertiary alicyclic amines) is 1. The molecule has 1 saturated heterocycles. The topological polar surface area (TPSA) is 147 Å². The average molecular weight is 595 g/mol. The number of H-pyrrole nitrogens is 1. The Bertz CT molecular complexity index is 1960. The molecule has 0 unspecified atom stereocenters. The molecule has 0 amide bonds. The van der Waals surface area contributed by atoms with Crippen molar-refractivity contribution >= 4 is 16.9 Å². The van der Waals surface area contributed by atoms with E-state index < -0.39 is 11.7 Å². The van der Waals surface area contributed by atoms with Crippen LogP contribution in [0.4, 0.5) is 0 Å². The Balaban J connectivity index is 1.14. The van der Waals surface area contributed by atoms with E-state index in [0.29, 0.717) is 23.6 Å². The Morgan fingerprint density at radius 1 is 0.955 bits per heavy atom. The number of piperidine rings is 1. The lowest BCUT2D eigenvalue weighted by molar-refractivity contribution is 0.0734. The van der Waals surface area contributed by atoms with Crippen molar-refractivity contribution in [2.75, 3.05) is 13.1 Å². The minimum atomic E-state index is -0.677. The molecule has 2 aromatic heterocycles. The lowest BCUT2D eigenvalue weighted by atomic mass is 10.0. The van der Waals surface area contributed by atoms with E-state index in [-0.39, 0.29) is 34.4 Å². The van der Waals surface area contributed by atoms with Crippen molar-refractivity contribution in [3.05, 3.63) is 117 Å². The largest absolute Gasteiger partial charge is 0.504 e. The number of nitrogens with one attached hydrogen (secondary N) is 1. The van der Waals surface area contributed by atoms with Crippen molar-refractivity contribution in [2.45, 2.75) is 32.4 Å². The zero-order chi connectivity index (χ0) is 30.8. The van der Waals surface area contributed by atoms with Crippen molar-refractivity contribution < 1.29 is 24.5 Å². The molecule has 1 aliphatic rings. The van der Waals surface area contributed by atoms with Gasteiger partial charge in [0.15, 0.2) is 11.5 Å². The molecule has 0 atom stereocenters. The summed E-state index contributed by atoms with van der Waals surface area (Å²) in [5, 5.41) is 20.0. The highest BCUT2D eigenvalue weighted by molar-refractivity contribution is 5.91. The highest BCUT2D eigenvalue weighted by Crippen LogP contribution is 2.32. The first-order chi connectivity index (χ1) is 21.2. The number of nitrogens with zero attached hydrogens (tertiary/aromatic N) is 3. The Kier molecular flexibility index (Phi) is 7.86. The molecule has 3 N–H and O–H groups in total. The van der Waals surface area contributed by atoms with E-state index in [9.17, 15) is 24.6 Å². The number of fused-ring (bicyclic) bond motifs is 1. The minimum absolute atomic E-state index is 0.0215. The SMILES string of the molecule is Cc1cn(C2CCN(Cc3cc(Oc4ccc(OC(=O)c5ccc(O)c(O)c5)cc4)c4ccccc4n3)CC2)c(=O)[nH]c1=O. The van der Waals surface area contributed by atoms with Gasteiger partial charge in [-0.15, -0.1) is 0 Å². The van der Waals surface area contributed by atoms with Gasteiger partial charge in [0.2, 0.25) is 0 Å². The molecule has 1 fully saturated rings. The fourth-order valence-electron chi connectivity index (χ4n) is 5.32. The van der Waals surface area contributed by atoms with Crippen LogP contribution < -0.4 is 20.7 Å². The molecular weight excluding hydrogens is 564 g/mol. The Morgan fingerprint density at radius 2 is 1.68 bits per heavy atom. The van der Waals surface area contributed by atoms with E-state index in [0.717, 1.165) is 48.6 Å². The first-order valence-corrected chi connectivity index (χ1v) is 14.2. The van der Waals surface area contributed by atoms with E-state index >= 15 is 0 Å². The van der Waals surface area contributed by atoms with Crippen molar-refractivity contribution in [3.63, 3.8) is 0 Å². The second-order valence-corrected chi connectivity index (χ2v) is 10.8. The monoisotopic (exact) mass is 594 g/mol. The summed E-state index contributed by atoms with van der Waals surface area (Å²) in [5.74, 6) is 0.0582. The molecular formula is C33H30N4O7. The van der Waals surface area contributed by atoms with E-state index in [1.165, 1.54) is 12.1 Å². The summed E-state index contributed by atoms with van der Waals surface area (Å²) in [5.41, 5.74) is 1.54. The Morgan fingerprint density at radius 3 is 2.43 bits per heavy atom.